The predicted octanol–water partition coefficient (Wildman–Crippen LogP) is 5.72. The highest BCUT2D eigenvalue weighted by molar-refractivity contribution is 6.31. The van der Waals surface area contributed by atoms with Gasteiger partial charge in [0.2, 0.25) is 0 Å². The fourth-order valence-electron chi connectivity index (χ4n) is 3.56. The molecule has 0 amide bonds. The third-order valence-electron chi connectivity index (χ3n) is 4.88. The van der Waals surface area contributed by atoms with Crippen molar-refractivity contribution in [2.45, 2.75) is 46.1 Å². The fourth-order valence-corrected chi connectivity index (χ4v) is 3.75. The van der Waals surface area contributed by atoms with E-state index in [0.29, 0.717) is 5.02 Å². The van der Waals surface area contributed by atoms with Gasteiger partial charge in [0, 0.05) is 27.7 Å². The molecule has 1 N–H and O–H groups in total. The lowest BCUT2D eigenvalue weighted by atomic mass is 9.97. The van der Waals surface area contributed by atoms with E-state index in [0.717, 1.165) is 10.6 Å². The van der Waals surface area contributed by atoms with E-state index in [1.54, 1.807) is 32.9 Å². The van der Waals surface area contributed by atoms with Gasteiger partial charge in [0.25, 0.3) is 5.91 Å². The summed E-state index contributed by atoms with van der Waals surface area (Å²) in [4.78, 5) is 26.0. The fraction of sp³-hybridized carbons (Fsp3) is 0.304. The molecule has 5 nitrogen and oxygen atoms in total. The highest BCUT2D eigenvalue weighted by Crippen LogP contribution is 2.39. The Bertz CT molecular complexity index is 1210. The minimum Gasteiger partial charge on any atom is -0.503 e. The van der Waals surface area contributed by atoms with Gasteiger partial charge in [0.05, 0.1) is 11.4 Å². The van der Waals surface area contributed by atoms with Crippen LogP contribution in [0.25, 0.3) is 10.9 Å². The van der Waals surface area contributed by atoms with Crippen LogP contribution in [0.5, 0.6) is 5.75 Å². The number of hydrogen-bond donors (Lipinski definition) is 1. The minimum atomic E-state index is -1.25. The molecule has 31 heavy (non-hydrogen) atoms. The number of esters is 1. The zero-order chi connectivity index (χ0) is 23.2. The van der Waals surface area contributed by atoms with Gasteiger partial charge >= 0.3 is 5.97 Å². The van der Waals surface area contributed by atoms with Crippen LogP contribution >= 0.6 is 11.6 Å². The molecule has 164 valence electrons. The summed E-state index contributed by atoms with van der Waals surface area (Å²) in [5.41, 5.74) is -0.353. The van der Waals surface area contributed by atoms with Crippen molar-refractivity contribution < 1.29 is 28.2 Å². The maximum absolute atomic E-state index is 15.0. The number of rotatable bonds is 3. The van der Waals surface area contributed by atoms with Crippen LogP contribution in [-0.2, 0) is 9.53 Å². The highest BCUT2D eigenvalue weighted by atomic mass is 35.5. The topological polar surface area (TPSA) is 68.5 Å². The number of halogens is 3. The van der Waals surface area contributed by atoms with E-state index in [2.05, 4.69) is 0 Å². The lowest BCUT2D eigenvalue weighted by molar-refractivity contribution is -0.156. The Kier molecular flexibility index (Phi) is 5.84. The molecule has 1 heterocycles. The molecular weight excluding hydrogens is 428 g/mol. The van der Waals surface area contributed by atoms with Gasteiger partial charge in [0.1, 0.15) is 5.60 Å². The number of hydrogen-bond acceptors (Lipinski definition) is 4. The van der Waals surface area contributed by atoms with Crippen molar-refractivity contribution >= 4 is 34.4 Å². The van der Waals surface area contributed by atoms with E-state index in [9.17, 15) is 19.1 Å². The van der Waals surface area contributed by atoms with Crippen molar-refractivity contribution in [3.05, 3.63) is 63.8 Å². The Morgan fingerprint density at radius 2 is 1.84 bits per heavy atom. The Hall–Kier alpha value is -2.93. The van der Waals surface area contributed by atoms with Crippen molar-refractivity contribution in [2.75, 3.05) is 0 Å². The number of fused-ring (bicyclic) bond motifs is 1. The van der Waals surface area contributed by atoms with Crippen molar-refractivity contribution in [1.82, 2.24) is 4.57 Å². The average Bonchev–Trinajstić information content (AvgIpc) is 2.95. The molecule has 0 aliphatic rings. The molecule has 0 saturated heterocycles. The van der Waals surface area contributed by atoms with Gasteiger partial charge in [-0.1, -0.05) is 17.7 Å². The number of aromatic hydroxyl groups is 1. The number of nitrogens with zero attached hydrogens (tertiary/aromatic N) is 1. The molecule has 0 fully saturated rings. The van der Waals surface area contributed by atoms with Crippen molar-refractivity contribution in [2.24, 2.45) is 0 Å². The first-order valence-corrected chi connectivity index (χ1v) is 9.96. The second-order valence-corrected chi connectivity index (χ2v) is 8.76. The normalized spacial score (nSPS) is 12.8. The molecule has 2 aromatic carbocycles. The van der Waals surface area contributed by atoms with E-state index >= 15 is 4.39 Å². The largest absolute Gasteiger partial charge is 0.503 e. The molecule has 0 bridgehead atoms. The van der Waals surface area contributed by atoms with Crippen LogP contribution in [0, 0.1) is 18.6 Å². The van der Waals surface area contributed by atoms with Crippen LogP contribution < -0.4 is 0 Å². The summed E-state index contributed by atoms with van der Waals surface area (Å²) in [6.45, 7) is 8.10. The number of phenolic OH excluding ortho intramolecular Hbond substituents is 1. The summed E-state index contributed by atoms with van der Waals surface area (Å²) in [5, 5.41) is 9.95. The summed E-state index contributed by atoms with van der Waals surface area (Å²) >= 11 is 5.99. The summed E-state index contributed by atoms with van der Waals surface area (Å²) < 4.78 is 35.8. The maximum Gasteiger partial charge on any atom is 0.313 e. The van der Waals surface area contributed by atoms with Gasteiger partial charge < -0.3 is 9.84 Å². The Morgan fingerprint density at radius 3 is 2.42 bits per heavy atom. The quantitative estimate of drug-likeness (QED) is 0.519. The SMILES string of the molecule is Cc1c(C(C)C(=O)OC(C)(C)C)c2c(F)c(O)c(F)cc2n1C(=O)c1cccc(Cl)c1. The summed E-state index contributed by atoms with van der Waals surface area (Å²) in [5.74, 6) is -5.88. The lowest BCUT2D eigenvalue weighted by Crippen LogP contribution is -2.27. The Labute approximate surface area is 183 Å². The first-order valence-electron chi connectivity index (χ1n) is 9.58. The number of phenols is 1. The molecule has 3 rings (SSSR count). The average molecular weight is 450 g/mol. The number of ether oxygens (including phenoxy) is 1. The molecule has 1 aromatic heterocycles. The number of carbonyl (C=O) groups excluding carboxylic acids is 2. The van der Waals surface area contributed by atoms with Crippen LogP contribution in [0.4, 0.5) is 8.78 Å². The third kappa shape index (κ3) is 4.14. The smallest absolute Gasteiger partial charge is 0.313 e. The van der Waals surface area contributed by atoms with Crippen molar-refractivity contribution in [1.29, 1.82) is 0 Å². The zero-order valence-electron chi connectivity index (χ0n) is 17.7. The van der Waals surface area contributed by atoms with Gasteiger partial charge in [-0.25, -0.2) is 8.78 Å². The monoisotopic (exact) mass is 449 g/mol. The molecule has 1 atom stereocenters. The highest BCUT2D eigenvalue weighted by Gasteiger charge is 2.32. The summed E-state index contributed by atoms with van der Waals surface area (Å²) in [6, 6.07) is 6.98. The second-order valence-electron chi connectivity index (χ2n) is 8.32. The van der Waals surface area contributed by atoms with E-state index in [1.807, 2.05) is 0 Å². The molecule has 1 unspecified atom stereocenters. The Morgan fingerprint density at radius 1 is 1.19 bits per heavy atom. The van der Waals surface area contributed by atoms with Crippen molar-refractivity contribution in [3.8, 4) is 5.75 Å². The van der Waals surface area contributed by atoms with E-state index in [-0.39, 0.29) is 27.7 Å². The molecular formula is C23H22ClF2NO4. The molecule has 0 saturated carbocycles. The van der Waals surface area contributed by atoms with Gasteiger partial charge in [0.15, 0.2) is 17.4 Å². The summed E-state index contributed by atoms with van der Waals surface area (Å²) in [6.07, 6.45) is 0. The van der Waals surface area contributed by atoms with Crippen LogP contribution in [0.15, 0.2) is 30.3 Å². The van der Waals surface area contributed by atoms with Gasteiger partial charge in [-0.3, -0.25) is 14.2 Å². The first-order chi connectivity index (χ1) is 14.3. The van der Waals surface area contributed by atoms with Gasteiger partial charge in [-0.2, -0.15) is 0 Å². The zero-order valence-corrected chi connectivity index (χ0v) is 18.5. The molecule has 3 aromatic rings. The molecule has 0 aliphatic heterocycles. The van der Waals surface area contributed by atoms with Crippen LogP contribution in [0.2, 0.25) is 5.02 Å². The first kappa shape index (κ1) is 22.7. The molecule has 0 radical (unpaired) electrons. The lowest BCUT2D eigenvalue weighted by Gasteiger charge is -2.22. The van der Waals surface area contributed by atoms with E-state index in [1.165, 1.54) is 26.0 Å². The van der Waals surface area contributed by atoms with Gasteiger partial charge in [-0.05, 0) is 58.4 Å². The maximum atomic E-state index is 15.0. The summed E-state index contributed by atoms with van der Waals surface area (Å²) in [7, 11) is 0. The third-order valence-corrected chi connectivity index (χ3v) is 5.11. The second kappa shape index (κ2) is 7.96. The standard InChI is InChI=1S/C23H22ClF2NO4/c1-11(22(30)31-23(3,4)5)17-12(2)27(21(29)13-7-6-8-14(24)9-13)16-10-15(25)20(28)19(26)18(16)17/h6-11,28H,1-5H3. The van der Waals surface area contributed by atoms with Gasteiger partial charge in [-0.15, -0.1) is 0 Å². The number of benzene rings is 2. The van der Waals surface area contributed by atoms with Crippen molar-refractivity contribution in [3.63, 3.8) is 0 Å². The van der Waals surface area contributed by atoms with Crippen LogP contribution in [0.1, 0.15) is 55.2 Å². The molecule has 0 spiro atoms. The Balaban J connectivity index is 2.31. The van der Waals surface area contributed by atoms with E-state index in [4.69, 9.17) is 16.3 Å². The number of aromatic nitrogens is 1. The molecule has 0 aliphatic carbocycles. The number of carbonyl (C=O) groups is 2. The van der Waals surface area contributed by atoms with E-state index < -0.39 is 40.8 Å². The van der Waals surface area contributed by atoms with Crippen LogP contribution in [0.3, 0.4) is 0 Å². The predicted molar refractivity (Wildman–Crippen MR) is 114 cm³/mol. The minimum absolute atomic E-state index is 0.110. The van der Waals surface area contributed by atoms with Crippen LogP contribution in [-0.4, -0.2) is 27.2 Å². The molecule has 8 heteroatoms.